The second kappa shape index (κ2) is 22.4. The molecule has 248 valence electrons. The van der Waals surface area contributed by atoms with Gasteiger partial charge < -0.3 is 31.4 Å². The number of aromatic amines is 1. The lowest BCUT2D eigenvalue weighted by molar-refractivity contribution is -0.131. The lowest BCUT2D eigenvalue weighted by Crippen LogP contribution is -2.51. The smallest absolute Gasteiger partial charge is 0.243 e. The number of morpholine rings is 1. The zero-order chi connectivity index (χ0) is 33.6. The Morgan fingerprint density at radius 3 is 2.31 bits per heavy atom. The van der Waals surface area contributed by atoms with Crippen LogP contribution in [0.2, 0.25) is 0 Å². The standard InChI is InChI=1S/C27H34N4O4.C6H13NO.CH5N/c1-5-8-11-19(6-2)14-24(31-25(33)7-3)27(35)29-17-26(34)30-23(18(4)32)15-20-16-28-22-13-10-9-12-21(20)22;1-2-7-3-5-8-6-4-7;1-2/h5-6,8-13,16,23-24,28H,2,7,14-15,17H2,1,3-4H3,(H,29,35)(H,30,34)(H,31,33);2-6H2,1H3;2H2,1H3/b8-5-,19-11+;;. The average molecular weight is 625 g/mol. The lowest BCUT2D eigenvalue weighted by Gasteiger charge is -2.24. The van der Waals surface area contributed by atoms with Gasteiger partial charge in [-0.3, -0.25) is 24.1 Å². The Morgan fingerprint density at radius 1 is 1.07 bits per heavy atom. The number of allylic oxidation sites excluding steroid dienone is 4. The summed E-state index contributed by atoms with van der Waals surface area (Å²) in [7, 11) is 1.50. The zero-order valence-corrected chi connectivity index (χ0v) is 27.5. The van der Waals surface area contributed by atoms with Crippen molar-refractivity contribution in [1.29, 1.82) is 0 Å². The number of hydrogen-bond acceptors (Lipinski definition) is 7. The molecule has 2 heterocycles. The number of Topliss-reactive ketones (excluding diaryl/α,β-unsaturated/α-hetero) is 1. The minimum absolute atomic E-state index is 0.187. The van der Waals surface area contributed by atoms with Crippen LogP contribution in [0.5, 0.6) is 0 Å². The van der Waals surface area contributed by atoms with Crippen molar-refractivity contribution in [2.75, 3.05) is 46.4 Å². The molecule has 1 aromatic heterocycles. The summed E-state index contributed by atoms with van der Waals surface area (Å²) in [5, 5.41) is 8.94. The summed E-state index contributed by atoms with van der Waals surface area (Å²) in [4.78, 5) is 55.1. The lowest BCUT2D eigenvalue weighted by atomic mass is 10.0. The number of ether oxygens (including phenoxy) is 1. The summed E-state index contributed by atoms with van der Waals surface area (Å²) in [6.07, 6.45) is 9.68. The second-order valence-electron chi connectivity index (χ2n) is 10.2. The molecule has 0 aliphatic carbocycles. The minimum atomic E-state index is -0.861. The number of ketones is 1. The fourth-order valence-electron chi connectivity index (χ4n) is 4.45. The molecule has 1 aliphatic rings. The molecule has 1 aromatic carbocycles. The van der Waals surface area contributed by atoms with Crippen molar-refractivity contribution < 1.29 is 23.9 Å². The van der Waals surface area contributed by atoms with E-state index < -0.39 is 23.9 Å². The van der Waals surface area contributed by atoms with Crippen LogP contribution >= 0.6 is 0 Å². The number of H-pyrrole nitrogens is 1. The van der Waals surface area contributed by atoms with Crippen LogP contribution in [0, 0.1) is 0 Å². The summed E-state index contributed by atoms with van der Waals surface area (Å²) < 4.78 is 5.16. The van der Waals surface area contributed by atoms with E-state index in [0.717, 1.165) is 48.3 Å². The van der Waals surface area contributed by atoms with Gasteiger partial charge in [0.2, 0.25) is 17.7 Å². The van der Waals surface area contributed by atoms with Gasteiger partial charge in [-0.25, -0.2) is 0 Å². The van der Waals surface area contributed by atoms with Gasteiger partial charge in [-0.1, -0.05) is 62.9 Å². The number of para-hydroxylation sites is 1. The van der Waals surface area contributed by atoms with Gasteiger partial charge in [0, 0.05) is 49.5 Å². The quantitative estimate of drug-likeness (QED) is 0.202. The number of nitrogens with two attached hydrogens (primary N) is 1. The number of likely N-dealkylation sites (N-methyl/N-ethyl adjacent to an activating group) is 1. The fourth-order valence-corrected chi connectivity index (χ4v) is 4.45. The summed E-state index contributed by atoms with van der Waals surface area (Å²) in [6.45, 7) is 15.9. The van der Waals surface area contributed by atoms with Gasteiger partial charge in [0.1, 0.15) is 6.04 Å². The molecule has 45 heavy (non-hydrogen) atoms. The molecule has 11 nitrogen and oxygen atoms in total. The third-order valence-corrected chi connectivity index (χ3v) is 7.08. The molecule has 0 spiro atoms. The number of fused-ring (bicyclic) bond motifs is 1. The molecule has 1 fully saturated rings. The van der Waals surface area contributed by atoms with Gasteiger partial charge in [-0.15, -0.1) is 0 Å². The van der Waals surface area contributed by atoms with Crippen LogP contribution < -0.4 is 21.7 Å². The molecule has 3 amide bonds. The number of nitrogens with one attached hydrogen (secondary N) is 4. The van der Waals surface area contributed by atoms with Crippen molar-refractivity contribution in [3.05, 3.63) is 72.5 Å². The predicted molar refractivity (Wildman–Crippen MR) is 181 cm³/mol. The minimum Gasteiger partial charge on any atom is -0.379 e. The van der Waals surface area contributed by atoms with Crippen molar-refractivity contribution in [2.24, 2.45) is 5.73 Å². The van der Waals surface area contributed by atoms with E-state index in [2.05, 4.69) is 45.1 Å². The van der Waals surface area contributed by atoms with Crippen molar-refractivity contribution >= 4 is 34.4 Å². The van der Waals surface area contributed by atoms with E-state index in [4.69, 9.17) is 4.74 Å². The number of carbonyl (C=O) groups is 4. The van der Waals surface area contributed by atoms with Gasteiger partial charge >= 0.3 is 0 Å². The van der Waals surface area contributed by atoms with Crippen LogP contribution in [0.4, 0.5) is 0 Å². The molecule has 2 unspecified atom stereocenters. The topological polar surface area (TPSA) is 159 Å². The molecule has 2 atom stereocenters. The van der Waals surface area contributed by atoms with E-state index >= 15 is 0 Å². The molecule has 0 saturated carbocycles. The number of amides is 3. The van der Waals surface area contributed by atoms with E-state index in [1.807, 2.05) is 49.5 Å². The fraction of sp³-hybridized carbons (Fsp3) is 0.471. The molecule has 1 saturated heterocycles. The van der Waals surface area contributed by atoms with Crippen LogP contribution in [0.1, 0.15) is 46.1 Å². The first-order valence-corrected chi connectivity index (χ1v) is 15.5. The van der Waals surface area contributed by atoms with Crippen molar-refractivity contribution in [3.8, 4) is 0 Å². The maximum Gasteiger partial charge on any atom is 0.243 e. The SMILES string of the molecule is C=C/C(=C\C=C/C)CC(NC(=O)CC)C(=O)NCC(=O)NC(Cc1c[nH]c2ccccc12)C(C)=O.CCN1CCOCC1.CN. The third kappa shape index (κ3) is 14.5. The zero-order valence-electron chi connectivity index (χ0n) is 27.5. The van der Waals surface area contributed by atoms with E-state index in [1.165, 1.54) is 20.5 Å². The van der Waals surface area contributed by atoms with Crippen LogP contribution in [0.3, 0.4) is 0 Å². The maximum atomic E-state index is 12.8. The third-order valence-electron chi connectivity index (χ3n) is 7.08. The largest absolute Gasteiger partial charge is 0.379 e. The van der Waals surface area contributed by atoms with E-state index in [-0.39, 0.29) is 31.1 Å². The van der Waals surface area contributed by atoms with Gasteiger partial charge in [0.05, 0.1) is 25.8 Å². The first kappa shape index (κ1) is 39.0. The van der Waals surface area contributed by atoms with Gasteiger partial charge in [0.25, 0.3) is 0 Å². The normalized spacial score (nSPS) is 14.7. The first-order chi connectivity index (χ1) is 21.7. The Kier molecular flexibility index (Phi) is 19.4. The summed E-state index contributed by atoms with van der Waals surface area (Å²) in [5.41, 5.74) is 7.13. The highest BCUT2D eigenvalue weighted by molar-refractivity contribution is 5.93. The predicted octanol–water partition coefficient (Wildman–Crippen LogP) is 2.79. The number of benzene rings is 1. The summed E-state index contributed by atoms with van der Waals surface area (Å²) in [6, 6.07) is 6.13. The highest BCUT2D eigenvalue weighted by atomic mass is 16.5. The highest BCUT2D eigenvalue weighted by Gasteiger charge is 2.23. The van der Waals surface area contributed by atoms with Crippen molar-refractivity contribution in [2.45, 2.75) is 59.0 Å². The van der Waals surface area contributed by atoms with Crippen molar-refractivity contribution in [1.82, 2.24) is 25.8 Å². The van der Waals surface area contributed by atoms with E-state index in [1.54, 1.807) is 19.1 Å². The molecule has 0 radical (unpaired) electrons. The average Bonchev–Trinajstić information content (AvgIpc) is 3.48. The Labute approximate surface area is 267 Å². The number of hydrogen-bond donors (Lipinski definition) is 5. The monoisotopic (exact) mass is 624 g/mol. The Hall–Kier alpha value is -4.06. The number of carbonyl (C=O) groups excluding carboxylic acids is 4. The number of rotatable bonds is 14. The summed E-state index contributed by atoms with van der Waals surface area (Å²) in [5.74, 6) is -1.45. The van der Waals surface area contributed by atoms with Gasteiger partial charge in [-0.05, 0) is 44.6 Å². The maximum absolute atomic E-state index is 12.8. The summed E-state index contributed by atoms with van der Waals surface area (Å²) >= 11 is 0. The Balaban J connectivity index is 0.000000864. The second-order valence-corrected chi connectivity index (χ2v) is 10.2. The molecular formula is C34H52N6O5. The van der Waals surface area contributed by atoms with Gasteiger partial charge in [0.15, 0.2) is 5.78 Å². The van der Waals surface area contributed by atoms with Crippen LogP contribution in [-0.4, -0.2) is 91.9 Å². The molecule has 1 aliphatic heterocycles. The molecule has 11 heteroatoms. The molecule has 3 rings (SSSR count). The Bertz CT molecular complexity index is 1280. The molecular weight excluding hydrogens is 572 g/mol. The molecule has 2 aromatic rings. The van der Waals surface area contributed by atoms with Gasteiger partial charge in [-0.2, -0.15) is 0 Å². The van der Waals surface area contributed by atoms with Crippen LogP contribution in [0.25, 0.3) is 10.9 Å². The van der Waals surface area contributed by atoms with E-state index in [9.17, 15) is 19.2 Å². The van der Waals surface area contributed by atoms with Crippen molar-refractivity contribution in [3.63, 3.8) is 0 Å². The van der Waals surface area contributed by atoms with Crippen LogP contribution in [0.15, 0.2) is 66.9 Å². The molecule has 6 N–H and O–H groups in total. The Morgan fingerprint density at radius 2 is 1.73 bits per heavy atom. The first-order valence-electron chi connectivity index (χ1n) is 15.5. The van der Waals surface area contributed by atoms with E-state index in [0.29, 0.717) is 6.42 Å². The number of nitrogens with zero attached hydrogens (tertiary/aromatic N) is 1. The number of aromatic nitrogens is 1. The highest BCUT2D eigenvalue weighted by Crippen LogP contribution is 2.19. The molecule has 0 bridgehead atoms. The van der Waals surface area contributed by atoms with Crippen LogP contribution in [-0.2, 0) is 30.3 Å².